The van der Waals surface area contributed by atoms with Crippen LogP contribution in [0.5, 0.6) is 0 Å². The zero-order valence-corrected chi connectivity index (χ0v) is 11.6. The molecule has 0 atom stereocenters. The van der Waals surface area contributed by atoms with Crippen molar-refractivity contribution in [3.63, 3.8) is 0 Å². The lowest BCUT2D eigenvalue weighted by Gasteiger charge is -2.37. The lowest BCUT2D eigenvalue weighted by atomic mass is 9.83. The zero-order chi connectivity index (χ0) is 12.4. The summed E-state index contributed by atoms with van der Waals surface area (Å²) in [6.07, 6.45) is 6.87. The molecule has 3 heteroatoms. The van der Waals surface area contributed by atoms with Gasteiger partial charge in [0.15, 0.2) is 5.79 Å². The Balaban J connectivity index is 1.75. The van der Waals surface area contributed by atoms with Crippen LogP contribution in [0.2, 0.25) is 0 Å². The number of hydrogen-bond acceptors (Lipinski definition) is 3. The van der Waals surface area contributed by atoms with Crippen LogP contribution < -0.4 is 5.32 Å². The third-order valence-corrected chi connectivity index (χ3v) is 4.44. The number of hydrogen-bond donors (Lipinski definition) is 1. The van der Waals surface area contributed by atoms with E-state index in [2.05, 4.69) is 12.2 Å². The molecule has 1 saturated heterocycles. The minimum Gasteiger partial charge on any atom is -0.349 e. The molecule has 1 aliphatic heterocycles. The molecule has 0 aromatic heterocycles. The Morgan fingerprint density at radius 3 is 2.24 bits per heavy atom. The van der Waals surface area contributed by atoms with Gasteiger partial charge in [0, 0.05) is 6.54 Å². The molecule has 2 rings (SSSR count). The van der Waals surface area contributed by atoms with E-state index in [9.17, 15) is 0 Å². The standard InChI is InChI=1S/C14H27NO2/c1-4-14(7-5-6-8-14)11-15-12-9-16-13(2,3)17-10-12/h12,15H,4-11H2,1-3H3. The minimum atomic E-state index is -0.395. The van der Waals surface area contributed by atoms with Crippen LogP contribution >= 0.6 is 0 Å². The summed E-state index contributed by atoms with van der Waals surface area (Å²) in [7, 11) is 0. The lowest BCUT2D eigenvalue weighted by Crippen LogP contribution is -2.50. The first-order valence-electron chi connectivity index (χ1n) is 7.07. The van der Waals surface area contributed by atoms with Crippen LogP contribution in [0.3, 0.4) is 0 Å². The molecule has 1 heterocycles. The molecule has 0 aromatic rings. The Hall–Kier alpha value is -0.120. The Morgan fingerprint density at radius 1 is 1.12 bits per heavy atom. The van der Waals surface area contributed by atoms with E-state index in [0.717, 1.165) is 19.8 Å². The summed E-state index contributed by atoms with van der Waals surface area (Å²) in [5.74, 6) is -0.395. The fourth-order valence-electron chi connectivity index (χ4n) is 2.95. The second-order valence-electron chi connectivity index (χ2n) is 6.16. The zero-order valence-electron chi connectivity index (χ0n) is 11.6. The topological polar surface area (TPSA) is 30.5 Å². The summed E-state index contributed by atoms with van der Waals surface area (Å²) in [5.41, 5.74) is 0.549. The Labute approximate surface area is 105 Å². The van der Waals surface area contributed by atoms with Crippen molar-refractivity contribution in [3.05, 3.63) is 0 Å². The summed E-state index contributed by atoms with van der Waals surface area (Å²) < 4.78 is 11.3. The van der Waals surface area contributed by atoms with Crippen LogP contribution in [0.15, 0.2) is 0 Å². The first-order valence-corrected chi connectivity index (χ1v) is 7.07. The van der Waals surface area contributed by atoms with Crippen molar-refractivity contribution in [2.24, 2.45) is 5.41 Å². The molecular weight excluding hydrogens is 214 g/mol. The van der Waals surface area contributed by atoms with Crippen molar-refractivity contribution in [1.82, 2.24) is 5.32 Å². The van der Waals surface area contributed by atoms with Crippen molar-refractivity contribution in [2.75, 3.05) is 19.8 Å². The van der Waals surface area contributed by atoms with Gasteiger partial charge in [0.1, 0.15) is 0 Å². The molecule has 17 heavy (non-hydrogen) atoms. The highest BCUT2D eigenvalue weighted by molar-refractivity contribution is 4.87. The van der Waals surface area contributed by atoms with Crippen LogP contribution in [0.25, 0.3) is 0 Å². The van der Waals surface area contributed by atoms with Gasteiger partial charge >= 0.3 is 0 Å². The molecule has 2 aliphatic rings. The maximum atomic E-state index is 5.67. The smallest absolute Gasteiger partial charge is 0.162 e. The lowest BCUT2D eigenvalue weighted by molar-refractivity contribution is -0.253. The van der Waals surface area contributed by atoms with E-state index in [0.29, 0.717) is 11.5 Å². The molecule has 2 fully saturated rings. The summed E-state index contributed by atoms with van der Waals surface area (Å²) >= 11 is 0. The van der Waals surface area contributed by atoms with Gasteiger partial charge in [-0.3, -0.25) is 0 Å². The molecule has 0 bridgehead atoms. The van der Waals surface area contributed by atoms with Crippen molar-refractivity contribution >= 4 is 0 Å². The van der Waals surface area contributed by atoms with E-state index in [-0.39, 0.29) is 0 Å². The molecule has 100 valence electrons. The largest absolute Gasteiger partial charge is 0.349 e. The van der Waals surface area contributed by atoms with Crippen molar-refractivity contribution in [3.8, 4) is 0 Å². The van der Waals surface area contributed by atoms with Crippen molar-refractivity contribution in [1.29, 1.82) is 0 Å². The summed E-state index contributed by atoms with van der Waals surface area (Å²) in [6, 6.07) is 0.368. The molecule has 0 unspecified atom stereocenters. The van der Waals surface area contributed by atoms with Gasteiger partial charge in [-0.25, -0.2) is 0 Å². The van der Waals surface area contributed by atoms with Crippen LogP contribution in [0.1, 0.15) is 52.9 Å². The highest BCUT2D eigenvalue weighted by Crippen LogP contribution is 2.40. The second kappa shape index (κ2) is 5.25. The maximum absolute atomic E-state index is 5.67. The molecule has 3 nitrogen and oxygen atoms in total. The predicted octanol–water partition coefficient (Wildman–Crippen LogP) is 2.70. The first-order chi connectivity index (χ1) is 8.05. The van der Waals surface area contributed by atoms with Crippen LogP contribution in [-0.2, 0) is 9.47 Å². The van der Waals surface area contributed by atoms with Gasteiger partial charge in [-0.15, -0.1) is 0 Å². The van der Waals surface area contributed by atoms with Gasteiger partial charge < -0.3 is 14.8 Å². The van der Waals surface area contributed by atoms with E-state index in [1.54, 1.807) is 0 Å². The summed E-state index contributed by atoms with van der Waals surface area (Å²) in [5, 5.41) is 3.64. The highest BCUT2D eigenvalue weighted by atomic mass is 16.7. The van der Waals surface area contributed by atoms with Crippen molar-refractivity contribution in [2.45, 2.75) is 64.7 Å². The quantitative estimate of drug-likeness (QED) is 0.821. The number of nitrogens with one attached hydrogen (secondary N) is 1. The van der Waals surface area contributed by atoms with E-state index in [1.807, 2.05) is 13.8 Å². The molecule has 1 N–H and O–H groups in total. The minimum absolute atomic E-state index is 0.368. The third kappa shape index (κ3) is 3.43. The Bertz CT molecular complexity index is 237. The average molecular weight is 241 g/mol. The molecule has 0 amide bonds. The maximum Gasteiger partial charge on any atom is 0.162 e. The van der Waals surface area contributed by atoms with Gasteiger partial charge in [0.2, 0.25) is 0 Å². The SMILES string of the molecule is CCC1(CNC2COC(C)(C)OC2)CCCC1. The molecule has 1 aliphatic carbocycles. The van der Waals surface area contributed by atoms with E-state index in [1.165, 1.54) is 32.1 Å². The second-order valence-corrected chi connectivity index (χ2v) is 6.16. The molecule has 0 radical (unpaired) electrons. The van der Waals surface area contributed by atoms with E-state index in [4.69, 9.17) is 9.47 Å². The number of ether oxygens (including phenoxy) is 2. The predicted molar refractivity (Wildman–Crippen MR) is 69.0 cm³/mol. The monoisotopic (exact) mass is 241 g/mol. The van der Waals surface area contributed by atoms with Gasteiger partial charge in [-0.05, 0) is 38.5 Å². The summed E-state index contributed by atoms with van der Waals surface area (Å²) in [4.78, 5) is 0. The van der Waals surface area contributed by atoms with Crippen molar-refractivity contribution < 1.29 is 9.47 Å². The Kier molecular flexibility index (Phi) is 4.11. The van der Waals surface area contributed by atoms with Crippen LogP contribution in [0, 0.1) is 5.41 Å². The highest BCUT2D eigenvalue weighted by Gasteiger charge is 2.34. The fraction of sp³-hybridized carbons (Fsp3) is 1.00. The van der Waals surface area contributed by atoms with Gasteiger partial charge in [0.25, 0.3) is 0 Å². The normalized spacial score (nSPS) is 28.4. The van der Waals surface area contributed by atoms with Gasteiger partial charge in [0.05, 0.1) is 19.3 Å². The Morgan fingerprint density at radius 2 is 1.71 bits per heavy atom. The van der Waals surface area contributed by atoms with Crippen LogP contribution in [-0.4, -0.2) is 31.6 Å². The number of rotatable bonds is 4. The van der Waals surface area contributed by atoms with Gasteiger partial charge in [-0.2, -0.15) is 0 Å². The van der Waals surface area contributed by atoms with E-state index >= 15 is 0 Å². The molecule has 1 saturated carbocycles. The average Bonchev–Trinajstić information content (AvgIpc) is 2.77. The fourth-order valence-corrected chi connectivity index (χ4v) is 2.95. The molecule has 0 spiro atoms. The first kappa shape index (κ1) is 13.3. The summed E-state index contributed by atoms with van der Waals surface area (Å²) in [6.45, 7) is 8.95. The van der Waals surface area contributed by atoms with Crippen LogP contribution in [0.4, 0.5) is 0 Å². The van der Waals surface area contributed by atoms with E-state index < -0.39 is 5.79 Å². The van der Waals surface area contributed by atoms with Gasteiger partial charge in [-0.1, -0.05) is 19.8 Å². The third-order valence-electron chi connectivity index (χ3n) is 4.44. The molecular formula is C14H27NO2. The molecule has 0 aromatic carbocycles.